The van der Waals surface area contributed by atoms with Gasteiger partial charge in [-0.05, 0) is 58.1 Å². The summed E-state index contributed by atoms with van der Waals surface area (Å²) in [5, 5.41) is 0. The lowest BCUT2D eigenvalue weighted by molar-refractivity contribution is -0.134. The topological polar surface area (TPSA) is 35.5 Å². The third-order valence-electron chi connectivity index (χ3n) is 7.92. The number of hydrogen-bond donors (Lipinski definition) is 0. The number of allylic oxidation sites excluding steroid dienone is 4. The molecule has 3 heteroatoms. The maximum Gasteiger partial charge on any atom is 0.311 e. The second-order valence-corrected chi connectivity index (χ2v) is 11.4. The number of carbonyl (C=O) groups is 1. The first kappa shape index (κ1) is 32.2. The summed E-state index contributed by atoms with van der Waals surface area (Å²) in [4.78, 5) is 12.7. The molecule has 38 heavy (non-hydrogen) atoms. The molecular formula is C35H56O3. The van der Waals surface area contributed by atoms with Crippen molar-refractivity contribution in [3.05, 3.63) is 46.6 Å². The van der Waals surface area contributed by atoms with Crippen molar-refractivity contribution in [1.82, 2.24) is 0 Å². The van der Waals surface area contributed by atoms with Crippen LogP contribution < -0.4 is 9.47 Å². The zero-order chi connectivity index (χ0) is 27.4. The van der Waals surface area contributed by atoms with Gasteiger partial charge in [0.25, 0.3) is 0 Å². The van der Waals surface area contributed by atoms with Gasteiger partial charge in [0, 0.05) is 17.5 Å². The Kier molecular flexibility index (Phi) is 16.9. The molecule has 0 unspecified atom stereocenters. The Morgan fingerprint density at radius 2 is 1.26 bits per heavy atom. The van der Waals surface area contributed by atoms with Crippen molar-refractivity contribution in [2.45, 2.75) is 149 Å². The number of carbonyl (C=O) groups excluding carboxylic acids is 1. The Hall–Kier alpha value is -2.03. The number of hydrogen-bond acceptors (Lipinski definition) is 3. The van der Waals surface area contributed by atoms with Gasteiger partial charge in [0.05, 0.1) is 7.11 Å². The highest BCUT2D eigenvalue weighted by atomic mass is 16.5. The maximum atomic E-state index is 12.7. The Morgan fingerprint density at radius 1 is 0.711 bits per heavy atom. The van der Waals surface area contributed by atoms with Crippen molar-refractivity contribution in [2.24, 2.45) is 0 Å². The zero-order valence-corrected chi connectivity index (χ0v) is 25.2. The summed E-state index contributed by atoms with van der Waals surface area (Å²) in [5.74, 6) is 1.46. The first-order chi connectivity index (χ1) is 18.5. The van der Waals surface area contributed by atoms with E-state index in [2.05, 4.69) is 32.9 Å². The molecule has 0 heterocycles. The first-order valence-electron chi connectivity index (χ1n) is 15.8. The van der Waals surface area contributed by atoms with Crippen LogP contribution in [0.15, 0.2) is 35.4 Å². The summed E-state index contributed by atoms with van der Waals surface area (Å²) < 4.78 is 11.6. The highest BCUT2D eigenvalue weighted by molar-refractivity contribution is 5.73. The van der Waals surface area contributed by atoms with Gasteiger partial charge in [-0.15, -0.1) is 0 Å². The lowest BCUT2D eigenvalue weighted by Crippen LogP contribution is -2.11. The van der Waals surface area contributed by atoms with Gasteiger partial charge in [-0.3, -0.25) is 4.79 Å². The van der Waals surface area contributed by atoms with Gasteiger partial charge in [0.15, 0.2) is 0 Å². The quantitative estimate of drug-likeness (QED) is 0.0829. The van der Waals surface area contributed by atoms with E-state index in [0.717, 1.165) is 55.4 Å². The van der Waals surface area contributed by atoms with Crippen LogP contribution in [0.4, 0.5) is 0 Å². The molecule has 0 spiro atoms. The number of benzene rings is 1. The lowest BCUT2D eigenvalue weighted by Gasteiger charge is -2.19. The Morgan fingerprint density at radius 3 is 1.84 bits per heavy atom. The van der Waals surface area contributed by atoms with E-state index in [1.807, 2.05) is 12.1 Å². The average Bonchev–Trinajstić information content (AvgIpc) is 2.90. The number of rotatable bonds is 18. The molecule has 0 fully saturated rings. The molecular weight excluding hydrogens is 468 g/mol. The largest absolute Gasteiger partial charge is 0.496 e. The molecule has 0 saturated heterocycles. The maximum absolute atomic E-state index is 12.7. The number of ether oxygens (including phenoxy) is 2. The van der Waals surface area contributed by atoms with Crippen LogP contribution >= 0.6 is 0 Å². The minimum absolute atomic E-state index is 0.113. The number of unbranched alkanes of at least 4 members (excludes halogenated alkanes) is 14. The van der Waals surface area contributed by atoms with Gasteiger partial charge in [0.1, 0.15) is 11.5 Å². The minimum Gasteiger partial charge on any atom is -0.496 e. The van der Waals surface area contributed by atoms with Crippen LogP contribution in [0.5, 0.6) is 11.5 Å². The summed E-state index contributed by atoms with van der Waals surface area (Å²) in [7, 11) is 1.72. The fourth-order valence-electron chi connectivity index (χ4n) is 5.44. The fourth-order valence-corrected chi connectivity index (χ4v) is 5.44. The van der Waals surface area contributed by atoms with E-state index < -0.39 is 0 Å². The molecule has 0 radical (unpaired) electrons. The Labute approximate surface area is 234 Å². The van der Waals surface area contributed by atoms with Gasteiger partial charge in [-0.25, -0.2) is 0 Å². The minimum atomic E-state index is -0.113. The second kappa shape index (κ2) is 20.0. The molecule has 3 nitrogen and oxygen atoms in total. The summed E-state index contributed by atoms with van der Waals surface area (Å²) in [6.45, 7) is 6.65. The molecule has 1 aromatic carbocycles. The third-order valence-corrected chi connectivity index (χ3v) is 7.92. The van der Waals surface area contributed by atoms with Crippen LogP contribution in [0.2, 0.25) is 0 Å². The van der Waals surface area contributed by atoms with E-state index in [0.29, 0.717) is 12.2 Å². The van der Waals surface area contributed by atoms with Crippen LogP contribution in [0.3, 0.4) is 0 Å². The summed E-state index contributed by atoms with van der Waals surface area (Å²) in [6, 6.07) is 3.86. The summed E-state index contributed by atoms with van der Waals surface area (Å²) in [5.41, 5.74) is 4.93. The van der Waals surface area contributed by atoms with Crippen molar-refractivity contribution >= 4 is 5.97 Å². The molecule has 1 aliphatic rings. The van der Waals surface area contributed by atoms with Gasteiger partial charge in [-0.1, -0.05) is 120 Å². The van der Waals surface area contributed by atoms with Gasteiger partial charge in [-0.2, -0.15) is 0 Å². The van der Waals surface area contributed by atoms with Crippen molar-refractivity contribution in [2.75, 3.05) is 7.11 Å². The van der Waals surface area contributed by atoms with Crippen LogP contribution in [-0.4, -0.2) is 13.1 Å². The lowest BCUT2D eigenvalue weighted by atomic mass is 9.93. The standard InChI is InChI=1S/C35H56O3/c1-5-6-7-8-9-10-11-12-13-14-15-16-17-18-19-23-35(36)38-34-27-26-33(37-4)31-25-24-29(2)21-20-22-30(3)28-32(31)34/h22,24,26-27H,5-21,23,25,28H2,1-4H3. The predicted molar refractivity (Wildman–Crippen MR) is 162 cm³/mol. The fraction of sp³-hybridized carbons (Fsp3) is 0.686. The van der Waals surface area contributed by atoms with Crippen molar-refractivity contribution in [3.63, 3.8) is 0 Å². The van der Waals surface area contributed by atoms with E-state index in [4.69, 9.17) is 9.47 Å². The molecule has 0 bridgehead atoms. The smallest absolute Gasteiger partial charge is 0.311 e. The summed E-state index contributed by atoms with van der Waals surface area (Å²) >= 11 is 0. The molecule has 1 aromatic rings. The SMILES string of the molecule is CCCCCCCCCCCCCCCCCC(=O)Oc1ccc(OC)c2c1CC(C)=CCCC(C)=CC2. The van der Waals surface area contributed by atoms with Crippen LogP contribution in [0, 0.1) is 0 Å². The highest BCUT2D eigenvalue weighted by Gasteiger charge is 2.18. The van der Waals surface area contributed by atoms with Gasteiger partial charge < -0.3 is 9.47 Å². The van der Waals surface area contributed by atoms with Crippen molar-refractivity contribution in [1.29, 1.82) is 0 Å². The number of fused-ring (bicyclic) bond motifs is 1. The monoisotopic (exact) mass is 524 g/mol. The normalized spacial score (nSPS) is 13.9. The van der Waals surface area contributed by atoms with Crippen LogP contribution in [-0.2, 0) is 17.6 Å². The molecule has 1 aliphatic carbocycles. The molecule has 0 amide bonds. The molecule has 0 N–H and O–H groups in total. The average molecular weight is 525 g/mol. The van der Waals surface area contributed by atoms with E-state index in [1.165, 1.54) is 94.6 Å². The molecule has 0 atom stereocenters. The van der Waals surface area contributed by atoms with Crippen molar-refractivity contribution < 1.29 is 14.3 Å². The molecule has 2 rings (SSSR count). The third kappa shape index (κ3) is 13.2. The molecule has 0 saturated carbocycles. The highest BCUT2D eigenvalue weighted by Crippen LogP contribution is 2.34. The van der Waals surface area contributed by atoms with Crippen LogP contribution in [0.25, 0.3) is 0 Å². The van der Waals surface area contributed by atoms with Gasteiger partial charge >= 0.3 is 5.97 Å². The number of esters is 1. The van der Waals surface area contributed by atoms with Crippen LogP contribution in [0.1, 0.15) is 147 Å². The Balaban J connectivity index is 1.68. The zero-order valence-electron chi connectivity index (χ0n) is 25.2. The molecule has 214 valence electrons. The summed E-state index contributed by atoms with van der Waals surface area (Å²) in [6.07, 6.45) is 28.7. The Bertz CT molecular complexity index is 864. The molecule has 0 aromatic heterocycles. The predicted octanol–water partition coefficient (Wildman–Crippen LogP) is 10.6. The molecule has 0 aliphatic heterocycles. The van der Waals surface area contributed by atoms with E-state index in [1.54, 1.807) is 7.11 Å². The number of methoxy groups -OCH3 is 1. The second-order valence-electron chi connectivity index (χ2n) is 11.4. The van der Waals surface area contributed by atoms with E-state index in [-0.39, 0.29) is 5.97 Å². The van der Waals surface area contributed by atoms with E-state index >= 15 is 0 Å². The first-order valence-corrected chi connectivity index (χ1v) is 15.8. The van der Waals surface area contributed by atoms with Crippen molar-refractivity contribution in [3.8, 4) is 11.5 Å². The van der Waals surface area contributed by atoms with E-state index in [9.17, 15) is 4.79 Å². The van der Waals surface area contributed by atoms with Gasteiger partial charge in [0.2, 0.25) is 0 Å².